The van der Waals surface area contributed by atoms with Crippen molar-refractivity contribution in [1.29, 1.82) is 0 Å². The monoisotopic (exact) mass is 431 g/mol. The molecule has 0 unspecified atom stereocenters. The summed E-state index contributed by atoms with van der Waals surface area (Å²) in [5.74, 6) is -0.732. The highest BCUT2D eigenvalue weighted by molar-refractivity contribution is 7.60. The lowest BCUT2D eigenvalue weighted by Crippen LogP contribution is -2.10. The Labute approximate surface area is 153 Å². The average Bonchev–Trinajstić information content (AvgIpc) is 2.48. The summed E-state index contributed by atoms with van der Waals surface area (Å²) in [4.78, 5) is 28.3. The van der Waals surface area contributed by atoms with Crippen LogP contribution < -0.4 is 10.0 Å². The van der Waals surface area contributed by atoms with Crippen molar-refractivity contribution in [3.05, 3.63) is 56.1 Å². The van der Waals surface area contributed by atoms with Crippen LogP contribution in [0, 0.1) is 10.1 Å². The van der Waals surface area contributed by atoms with E-state index < -0.39 is 51.0 Å². The minimum atomic E-state index is -5.03. The van der Waals surface area contributed by atoms with Crippen molar-refractivity contribution in [3.63, 3.8) is 0 Å². The molecule has 0 spiro atoms. The highest BCUT2D eigenvalue weighted by Crippen LogP contribution is 2.43. The van der Waals surface area contributed by atoms with Gasteiger partial charge < -0.3 is 14.5 Å². The van der Waals surface area contributed by atoms with Crippen LogP contribution in [0.5, 0.6) is 11.5 Å². The molecule has 0 bridgehead atoms. The van der Waals surface area contributed by atoms with E-state index in [1.54, 1.807) is 0 Å². The summed E-state index contributed by atoms with van der Waals surface area (Å²) in [5, 5.41) is 8.89. The second-order valence-electron chi connectivity index (χ2n) is 4.82. The standard InChI is InChI=1S/C13H7Cl2F3NO6P/c14-8-3-6(13(16,17)18)4-9(15)12(8)25-7-1-2-10(19(20)21)11(5-7)26(22,23)24/h1-5H,(H2,22,23,24). The van der Waals surface area contributed by atoms with Gasteiger partial charge in [0.15, 0.2) is 5.75 Å². The van der Waals surface area contributed by atoms with Gasteiger partial charge in [-0.15, -0.1) is 0 Å². The number of nitro groups is 1. The summed E-state index contributed by atoms with van der Waals surface area (Å²) in [6.07, 6.45) is -4.70. The van der Waals surface area contributed by atoms with Crippen molar-refractivity contribution in [2.45, 2.75) is 6.18 Å². The SMILES string of the molecule is O=[N+]([O-])c1ccc(Oc2c(Cl)cc(C(F)(F)F)cc2Cl)cc1P(=O)(O)O. The summed E-state index contributed by atoms with van der Waals surface area (Å²) in [7, 11) is -5.03. The van der Waals surface area contributed by atoms with E-state index in [1.165, 1.54) is 0 Å². The fourth-order valence-electron chi connectivity index (χ4n) is 1.89. The number of hydrogen-bond acceptors (Lipinski definition) is 4. The smallest absolute Gasteiger partial charge is 0.416 e. The van der Waals surface area contributed by atoms with Gasteiger partial charge in [-0.1, -0.05) is 23.2 Å². The van der Waals surface area contributed by atoms with Gasteiger partial charge in [0.25, 0.3) is 5.69 Å². The van der Waals surface area contributed by atoms with E-state index in [-0.39, 0.29) is 5.75 Å². The molecule has 0 aliphatic rings. The zero-order valence-corrected chi connectivity index (χ0v) is 14.6. The lowest BCUT2D eigenvalue weighted by atomic mass is 10.2. The Morgan fingerprint density at radius 1 is 1.12 bits per heavy atom. The van der Waals surface area contributed by atoms with E-state index in [0.29, 0.717) is 18.2 Å². The zero-order chi connectivity index (χ0) is 19.9. The predicted molar refractivity (Wildman–Crippen MR) is 86.3 cm³/mol. The van der Waals surface area contributed by atoms with Crippen molar-refractivity contribution in [3.8, 4) is 11.5 Å². The summed E-state index contributed by atoms with van der Waals surface area (Å²) >= 11 is 11.5. The third-order valence-corrected chi connectivity index (χ3v) is 4.55. The largest absolute Gasteiger partial charge is 0.454 e. The molecule has 0 atom stereocenters. The highest BCUT2D eigenvalue weighted by atomic mass is 35.5. The van der Waals surface area contributed by atoms with Gasteiger partial charge in [-0.25, -0.2) is 0 Å². The summed E-state index contributed by atoms with van der Waals surface area (Å²) in [6.45, 7) is 0. The Morgan fingerprint density at radius 3 is 2.08 bits per heavy atom. The van der Waals surface area contributed by atoms with Crippen molar-refractivity contribution in [2.75, 3.05) is 0 Å². The molecular weight excluding hydrogens is 425 g/mol. The average molecular weight is 432 g/mol. The Bertz CT molecular complexity index is 908. The first kappa shape index (κ1) is 20.5. The lowest BCUT2D eigenvalue weighted by molar-refractivity contribution is -0.383. The van der Waals surface area contributed by atoms with E-state index in [0.717, 1.165) is 12.1 Å². The number of benzene rings is 2. The molecule has 0 aromatic heterocycles. The van der Waals surface area contributed by atoms with Gasteiger partial charge in [-0.05, 0) is 18.2 Å². The van der Waals surface area contributed by atoms with Crippen LogP contribution in [0.15, 0.2) is 30.3 Å². The minimum Gasteiger partial charge on any atom is -0.454 e. The van der Waals surface area contributed by atoms with Crippen molar-refractivity contribution >= 4 is 41.8 Å². The second kappa shape index (κ2) is 7.05. The van der Waals surface area contributed by atoms with Crippen LogP contribution in [-0.2, 0) is 10.7 Å². The number of ether oxygens (including phenoxy) is 1. The molecule has 0 heterocycles. The molecule has 26 heavy (non-hydrogen) atoms. The lowest BCUT2D eigenvalue weighted by Gasteiger charge is -2.14. The first-order valence-corrected chi connectivity index (χ1v) is 8.76. The number of nitro benzene ring substituents is 1. The molecule has 0 saturated heterocycles. The molecule has 0 saturated carbocycles. The van der Waals surface area contributed by atoms with Crippen LogP contribution in [0.2, 0.25) is 10.0 Å². The number of hydrogen-bond donors (Lipinski definition) is 2. The Morgan fingerprint density at radius 2 is 1.65 bits per heavy atom. The van der Waals surface area contributed by atoms with Gasteiger partial charge in [0.05, 0.1) is 20.5 Å². The maximum absolute atomic E-state index is 12.7. The van der Waals surface area contributed by atoms with Crippen LogP contribution in [0.3, 0.4) is 0 Å². The van der Waals surface area contributed by atoms with Gasteiger partial charge in [0, 0.05) is 12.1 Å². The van der Waals surface area contributed by atoms with E-state index in [9.17, 15) is 37.6 Å². The Kier molecular flexibility index (Phi) is 5.55. The maximum Gasteiger partial charge on any atom is 0.416 e. The highest BCUT2D eigenvalue weighted by Gasteiger charge is 2.33. The molecular formula is C13H7Cl2F3NO6P. The number of rotatable bonds is 4. The Hall–Kier alpha value is -1.84. The molecule has 0 radical (unpaired) electrons. The molecule has 2 rings (SSSR count). The van der Waals surface area contributed by atoms with Crippen molar-refractivity contribution < 1.29 is 37.2 Å². The third-order valence-electron chi connectivity index (χ3n) is 3.00. The number of alkyl halides is 3. The molecule has 0 amide bonds. The first-order valence-electron chi connectivity index (χ1n) is 6.39. The number of halogens is 5. The second-order valence-corrected chi connectivity index (χ2v) is 7.20. The molecule has 2 aromatic rings. The molecule has 0 fully saturated rings. The molecule has 0 aliphatic carbocycles. The van der Waals surface area contributed by atoms with Gasteiger partial charge in [0.1, 0.15) is 11.1 Å². The summed E-state index contributed by atoms with van der Waals surface area (Å²) in [6, 6.07) is 3.55. The maximum atomic E-state index is 12.7. The van der Waals surface area contributed by atoms with Crippen LogP contribution in [0.25, 0.3) is 0 Å². The third kappa shape index (κ3) is 4.46. The predicted octanol–water partition coefficient (Wildman–Crippen LogP) is 4.52. The molecule has 7 nitrogen and oxygen atoms in total. The summed E-state index contributed by atoms with van der Waals surface area (Å²) < 4.78 is 54.7. The van der Waals surface area contributed by atoms with Gasteiger partial charge in [-0.3, -0.25) is 14.7 Å². The van der Waals surface area contributed by atoms with Crippen LogP contribution in [-0.4, -0.2) is 14.7 Å². The quantitative estimate of drug-likeness (QED) is 0.418. The van der Waals surface area contributed by atoms with Gasteiger partial charge in [-0.2, -0.15) is 13.2 Å². The van der Waals surface area contributed by atoms with E-state index in [1.807, 2.05) is 0 Å². The first-order chi connectivity index (χ1) is 11.8. The molecule has 13 heteroatoms. The van der Waals surface area contributed by atoms with Gasteiger partial charge in [0.2, 0.25) is 0 Å². The van der Waals surface area contributed by atoms with E-state index >= 15 is 0 Å². The minimum absolute atomic E-state index is 0.322. The van der Waals surface area contributed by atoms with Crippen LogP contribution in [0.1, 0.15) is 5.56 Å². The van der Waals surface area contributed by atoms with Crippen LogP contribution >= 0.6 is 30.8 Å². The summed E-state index contributed by atoms with van der Waals surface area (Å²) in [5.41, 5.74) is -1.98. The normalized spacial score (nSPS) is 12.1. The molecule has 2 aromatic carbocycles. The topological polar surface area (TPSA) is 110 Å². The van der Waals surface area contributed by atoms with Crippen molar-refractivity contribution in [2.24, 2.45) is 0 Å². The number of nitrogens with zero attached hydrogens (tertiary/aromatic N) is 1. The zero-order valence-electron chi connectivity index (χ0n) is 12.2. The van der Waals surface area contributed by atoms with Crippen molar-refractivity contribution in [1.82, 2.24) is 0 Å². The Balaban J connectivity index is 2.50. The van der Waals surface area contributed by atoms with E-state index in [4.69, 9.17) is 27.9 Å². The fourth-order valence-corrected chi connectivity index (χ4v) is 3.21. The van der Waals surface area contributed by atoms with E-state index in [2.05, 4.69) is 0 Å². The molecule has 0 aliphatic heterocycles. The molecule has 2 N–H and O–H groups in total. The fraction of sp³-hybridized carbons (Fsp3) is 0.0769. The van der Waals surface area contributed by atoms with Crippen LogP contribution in [0.4, 0.5) is 18.9 Å². The van der Waals surface area contributed by atoms with Gasteiger partial charge >= 0.3 is 13.8 Å². The molecule has 140 valence electrons.